The second kappa shape index (κ2) is 9.04. The molecule has 1 aromatic carbocycles. The molecule has 0 aliphatic carbocycles. The molecule has 0 spiro atoms. The minimum atomic E-state index is -0.995. The molecule has 0 amide bonds. The van der Waals surface area contributed by atoms with Crippen molar-refractivity contribution in [1.82, 2.24) is 0 Å². The van der Waals surface area contributed by atoms with Gasteiger partial charge in [-0.1, -0.05) is 12.1 Å². The molecule has 0 radical (unpaired) electrons. The summed E-state index contributed by atoms with van der Waals surface area (Å²) in [5.74, 6) is -0.530. The van der Waals surface area contributed by atoms with E-state index in [2.05, 4.69) is 0 Å². The Hall–Kier alpha value is -2.08. The Balaban J connectivity index is 0.000000980. The molecule has 0 saturated heterocycles. The molecule has 0 unspecified atom stereocenters. The van der Waals surface area contributed by atoms with Crippen LogP contribution in [0, 0.1) is 6.92 Å². The molecule has 0 atom stereocenters. The maximum Gasteiger partial charge on any atom is 0.349 e. The van der Waals surface area contributed by atoms with Crippen LogP contribution >= 0.6 is 0 Å². The molecule has 0 fully saturated rings. The highest BCUT2D eigenvalue weighted by molar-refractivity contribution is 5.79. The van der Waals surface area contributed by atoms with E-state index in [4.69, 9.17) is 25.1 Å². The van der Waals surface area contributed by atoms with Crippen LogP contribution < -0.4 is 10.5 Å². The van der Waals surface area contributed by atoms with E-state index in [0.29, 0.717) is 18.9 Å². The Morgan fingerprint density at radius 1 is 1.32 bits per heavy atom. The first-order chi connectivity index (χ1) is 10.1. The van der Waals surface area contributed by atoms with Gasteiger partial charge in [0.2, 0.25) is 0 Å². The van der Waals surface area contributed by atoms with Gasteiger partial charge in [-0.15, -0.1) is 0 Å². The molecule has 0 aliphatic heterocycles. The predicted octanol–water partition coefficient (Wildman–Crippen LogP) is 2.27. The monoisotopic (exact) mass is 311 g/mol. The number of hydrogen-bond donors (Lipinski definition) is 2. The van der Waals surface area contributed by atoms with Gasteiger partial charge in [-0.25, -0.2) is 4.79 Å². The third-order valence-electron chi connectivity index (χ3n) is 2.61. The van der Waals surface area contributed by atoms with E-state index in [1.165, 1.54) is 0 Å². The summed E-state index contributed by atoms with van der Waals surface area (Å²) in [5.41, 5.74) is 6.56. The topological polar surface area (TPSA) is 98.8 Å². The van der Waals surface area contributed by atoms with Crippen molar-refractivity contribution in [1.29, 1.82) is 0 Å². The number of aryl methyl sites for hydroxylation is 1. The van der Waals surface area contributed by atoms with Crippen LogP contribution in [0.3, 0.4) is 0 Å². The smallest absolute Gasteiger partial charge is 0.349 e. The van der Waals surface area contributed by atoms with Crippen LogP contribution in [0.2, 0.25) is 0 Å². The number of carbonyl (C=O) groups excluding carboxylic acids is 1. The van der Waals surface area contributed by atoms with Gasteiger partial charge >= 0.3 is 5.97 Å². The average molecular weight is 311 g/mol. The minimum absolute atomic E-state index is 0.344. The van der Waals surface area contributed by atoms with E-state index in [0.717, 1.165) is 18.1 Å². The summed E-state index contributed by atoms with van der Waals surface area (Å²) in [5, 5.41) is 7.42. The summed E-state index contributed by atoms with van der Waals surface area (Å²) >= 11 is 0. The Morgan fingerprint density at radius 3 is 2.27 bits per heavy atom. The number of esters is 1. The first kappa shape index (κ1) is 19.9. The average Bonchev–Trinajstić information content (AvgIpc) is 2.40. The van der Waals surface area contributed by atoms with E-state index in [1.54, 1.807) is 20.8 Å². The van der Waals surface area contributed by atoms with Gasteiger partial charge in [0, 0.05) is 13.5 Å². The van der Waals surface area contributed by atoms with E-state index >= 15 is 0 Å². The van der Waals surface area contributed by atoms with E-state index in [-0.39, 0.29) is 5.97 Å². The Morgan fingerprint density at radius 2 is 1.86 bits per heavy atom. The number of ether oxygens (including phenoxy) is 2. The lowest BCUT2D eigenvalue weighted by atomic mass is 10.1. The largest absolute Gasteiger partial charge is 0.481 e. The van der Waals surface area contributed by atoms with Gasteiger partial charge in [0.1, 0.15) is 5.75 Å². The molecule has 0 heterocycles. The van der Waals surface area contributed by atoms with Crippen molar-refractivity contribution < 1.29 is 24.2 Å². The number of nitrogens with two attached hydrogens (primary N) is 1. The molecule has 3 N–H and O–H groups in total. The number of benzene rings is 1. The van der Waals surface area contributed by atoms with Gasteiger partial charge in [-0.2, -0.15) is 0 Å². The number of carboxylic acid groups (broad SMARTS) is 1. The van der Waals surface area contributed by atoms with Crippen molar-refractivity contribution in [3.63, 3.8) is 0 Å². The van der Waals surface area contributed by atoms with Crippen LogP contribution in [-0.2, 0) is 20.9 Å². The van der Waals surface area contributed by atoms with E-state index in [9.17, 15) is 4.79 Å². The fourth-order valence-corrected chi connectivity index (χ4v) is 1.57. The highest BCUT2D eigenvalue weighted by Gasteiger charge is 2.31. The zero-order chi connectivity index (χ0) is 17.3. The molecular formula is C16H25NO5. The molecule has 0 aliphatic rings. The summed E-state index contributed by atoms with van der Waals surface area (Å²) in [6, 6.07) is 5.68. The lowest BCUT2D eigenvalue weighted by molar-refractivity contribution is -0.158. The van der Waals surface area contributed by atoms with Crippen LogP contribution in [0.5, 0.6) is 5.75 Å². The van der Waals surface area contributed by atoms with Crippen molar-refractivity contribution in [2.75, 3.05) is 6.61 Å². The van der Waals surface area contributed by atoms with Crippen molar-refractivity contribution in [2.45, 2.75) is 46.8 Å². The first-order valence-electron chi connectivity index (χ1n) is 6.99. The highest BCUT2D eigenvalue weighted by Crippen LogP contribution is 2.24. The summed E-state index contributed by atoms with van der Waals surface area (Å²) in [6.07, 6.45) is 0. The molecule has 6 nitrogen and oxygen atoms in total. The second-order valence-electron chi connectivity index (χ2n) is 5.16. The number of aliphatic carboxylic acids is 1. The summed E-state index contributed by atoms with van der Waals surface area (Å²) in [6.45, 7) is 9.01. The zero-order valence-corrected chi connectivity index (χ0v) is 13.8. The molecule has 0 aromatic heterocycles. The first-order valence-corrected chi connectivity index (χ1v) is 6.99. The molecular weight excluding hydrogens is 286 g/mol. The molecule has 0 bridgehead atoms. The third kappa shape index (κ3) is 7.08. The SMILES string of the molecule is CC(=O)O.CCOC(=O)C(C)(C)Oc1ccc(CN)cc1C. The maximum atomic E-state index is 11.7. The van der Waals surface area contributed by atoms with Gasteiger partial charge in [0.25, 0.3) is 5.97 Å². The predicted molar refractivity (Wildman–Crippen MR) is 83.7 cm³/mol. The lowest BCUT2D eigenvalue weighted by Crippen LogP contribution is -2.39. The standard InChI is InChI=1S/C14H21NO3.C2H4O2/c1-5-17-13(16)14(3,4)18-12-7-6-11(9-15)8-10(12)2;1-2(3)4/h6-8H,5,9,15H2,1-4H3;1H3,(H,3,4). The van der Waals surface area contributed by atoms with Gasteiger partial charge in [0.15, 0.2) is 5.60 Å². The van der Waals surface area contributed by atoms with Gasteiger partial charge in [0.05, 0.1) is 6.61 Å². The Kier molecular flexibility index (Phi) is 8.19. The molecule has 1 aromatic rings. The summed E-state index contributed by atoms with van der Waals surface area (Å²) in [4.78, 5) is 20.7. The summed E-state index contributed by atoms with van der Waals surface area (Å²) < 4.78 is 10.7. The molecule has 124 valence electrons. The number of hydrogen-bond acceptors (Lipinski definition) is 5. The van der Waals surface area contributed by atoms with Crippen LogP contribution in [0.4, 0.5) is 0 Å². The van der Waals surface area contributed by atoms with Gasteiger partial charge in [-0.3, -0.25) is 4.79 Å². The van der Waals surface area contributed by atoms with Crippen LogP contribution in [0.25, 0.3) is 0 Å². The van der Waals surface area contributed by atoms with Gasteiger partial charge in [-0.05, 0) is 44.9 Å². The normalized spacial score (nSPS) is 10.3. The maximum absolute atomic E-state index is 11.7. The number of carbonyl (C=O) groups is 2. The van der Waals surface area contributed by atoms with Crippen molar-refractivity contribution in [2.24, 2.45) is 5.73 Å². The van der Waals surface area contributed by atoms with Crippen molar-refractivity contribution >= 4 is 11.9 Å². The van der Waals surface area contributed by atoms with E-state index < -0.39 is 11.6 Å². The minimum Gasteiger partial charge on any atom is -0.481 e. The lowest BCUT2D eigenvalue weighted by Gasteiger charge is -2.25. The number of rotatable bonds is 5. The van der Waals surface area contributed by atoms with Crippen molar-refractivity contribution in [3.8, 4) is 5.75 Å². The third-order valence-corrected chi connectivity index (χ3v) is 2.61. The fraction of sp³-hybridized carbons (Fsp3) is 0.500. The second-order valence-corrected chi connectivity index (χ2v) is 5.16. The summed E-state index contributed by atoms with van der Waals surface area (Å²) in [7, 11) is 0. The zero-order valence-electron chi connectivity index (χ0n) is 13.8. The quantitative estimate of drug-likeness (QED) is 0.809. The van der Waals surface area contributed by atoms with Crippen LogP contribution in [0.1, 0.15) is 38.8 Å². The van der Waals surface area contributed by atoms with Crippen molar-refractivity contribution in [3.05, 3.63) is 29.3 Å². The molecule has 1 rings (SSSR count). The highest BCUT2D eigenvalue weighted by atomic mass is 16.6. The molecule has 6 heteroatoms. The Bertz CT molecular complexity index is 507. The van der Waals surface area contributed by atoms with Crippen LogP contribution in [-0.4, -0.2) is 29.3 Å². The molecule has 0 saturated carbocycles. The number of carboxylic acids is 1. The van der Waals surface area contributed by atoms with Crippen LogP contribution in [0.15, 0.2) is 18.2 Å². The Labute approximate surface area is 131 Å². The van der Waals surface area contributed by atoms with Gasteiger partial charge < -0.3 is 20.3 Å². The molecule has 22 heavy (non-hydrogen) atoms. The fourth-order valence-electron chi connectivity index (χ4n) is 1.57. The van der Waals surface area contributed by atoms with E-state index in [1.807, 2.05) is 25.1 Å².